The molecular formula is C11H15ClN2OS. The van der Waals surface area contributed by atoms with Gasteiger partial charge in [-0.3, -0.25) is 4.79 Å². The number of halogens is 1. The van der Waals surface area contributed by atoms with Crippen molar-refractivity contribution >= 4 is 35.0 Å². The predicted molar refractivity (Wildman–Crippen MR) is 70.1 cm³/mol. The highest BCUT2D eigenvalue weighted by molar-refractivity contribution is 7.98. The first-order chi connectivity index (χ1) is 7.34. The van der Waals surface area contributed by atoms with Crippen molar-refractivity contribution in [2.24, 2.45) is 5.73 Å². The van der Waals surface area contributed by atoms with E-state index in [2.05, 4.69) is 5.32 Å². The fourth-order valence-electron chi connectivity index (χ4n) is 1.04. The third-order valence-electron chi connectivity index (χ3n) is 1.99. The number of hydrogen-bond acceptors (Lipinski definition) is 3. The molecule has 1 amide bonds. The van der Waals surface area contributed by atoms with Crippen LogP contribution in [0, 0.1) is 0 Å². The summed E-state index contributed by atoms with van der Waals surface area (Å²) in [5, 5.41) is 3.34. The molecule has 0 aromatic heterocycles. The van der Waals surface area contributed by atoms with E-state index in [1.165, 1.54) is 0 Å². The van der Waals surface area contributed by atoms with Crippen molar-refractivity contribution in [2.45, 2.75) is 24.3 Å². The third-order valence-corrected chi connectivity index (χ3v) is 3.22. The fourth-order valence-corrected chi connectivity index (χ4v) is 1.91. The van der Waals surface area contributed by atoms with E-state index >= 15 is 0 Å². The van der Waals surface area contributed by atoms with Gasteiger partial charge in [-0.1, -0.05) is 11.6 Å². The Hall–Kier alpha value is -0.710. The van der Waals surface area contributed by atoms with Gasteiger partial charge in [0.05, 0.1) is 10.6 Å². The average molecular weight is 259 g/mol. The summed E-state index contributed by atoms with van der Waals surface area (Å²) in [5.74, 6) is -0.236. The van der Waals surface area contributed by atoms with Crippen molar-refractivity contribution in [3.8, 4) is 0 Å². The number of carbonyl (C=O) groups is 1. The van der Waals surface area contributed by atoms with E-state index in [9.17, 15) is 4.79 Å². The summed E-state index contributed by atoms with van der Waals surface area (Å²) in [5.41, 5.74) is 5.43. The van der Waals surface area contributed by atoms with Crippen LogP contribution in [0.1, 0.15) is 13.8 Å². The highest BCUT2D eigenvalue weighted by atomic mass is 35.5. The first-order valence-electron chi connectivity index (χ1n) is 4.78. The maximum atomic E-state index is 11.6. The summed E-state index contributed by atoms with van der Waals surface area (Å²) in [4.78, 5) is 12.6. The maximum Gasteiger partial charge on any atom is 0.243 e. The number of carbonyl (C=O) groups excluding carboxylic acids is 1. The molecule has 1 aromatic carbocycles. The molecule has 0 radical (unpaired) electrons. The number of hydrogen-bond donors (Lipinski definition) is 2. The molecule has 0 bridgehead atoms. The Labute approximate surface area is 105 Å². The van der Waals surface area contributed by atoms with Crippen LogP contribution in [-0.4, -0.2) is 17.7 Å². The number of benzene rings is 1. The molecular weight excluding hydrogens is 244 g/mol. The second-order valence-electron chi connectivity index (χ2n) is 4.03. The Bertz CT molecular complexity index is 401. The van der Waals surface area contributed by atoms with Crippen LogP contribution in [-0.2, 0) is 4.79 Å². The normalized spacial score (nSPS) is 11.3. The molecule has 0 unspecified atom stereocenters. The Morgan fingerprint density at radius 1 is 1.50 bits per heavy atom. The summed E-state index contributed by atoms with van der Waals surface area (Å²) in [6.45, 7) is 3.31. The molecule has 0 saturated heterocycles. The lowest BCUT2D eigenvalue weighted by molar-refractivity contribution is -0.120. The van der Waals surface area contributed by atoms with Crippen LogP contribution < -0.4 is 11.1 Å². The molecule has 5 heteroatoms. The van der Waals surface area contributed by atoms with Gasteiger partial charge >= 0.3 is 0 Å². The van der Waals surface area contributed by atoms with E-state index in [-0.39, 0.29) is 5.91 Å². The lowest BCUT2D eigenvalue weighted by atomic mass is 10.1. The Morgan fingerprint density at radius 2 is 2.12 bits per heavy atom. The smallest absolute Gasteiger partial charge is 0.243 e. The summed E-state index contributed by atoms with van der Waals surface area (Å²) in [7, 11) is 0. The van der Waals surface area contributed by atoms with E-state index in [4.69, 9.17) is 17.3 Å². The Morgan fingerprint density at radius 3 is 2.56 bits per heavy atom. The number of nitrogens with two attached hydrogens (primary N) is 1. The standard InChI is InChI=1S/C11H15ClN2OS/c1-11(2,13)10(15)14-7-4-5-9(16-3)8(12)6-7/h4-6H,13H2,1-3H3,(H,14,15). The van der Waals surface area contributed by atoms with E-state index in [1.807, 2.05) is 12.3 Å². The Kier molecular flexibility index (Phi) is 4.24. The highest BCUT2D eigenvalue weighted by Gasteiger charge is 2.21. The first-order valence-corrected chi connectivity index (χ1v) is 6.38. The minimum atomic E-state index is -0.898. The van der Waals surface area contributed by atoms with Gasteiger partial charge in [-0.25, -0.2) is 0 Å². The van der Waals surface area contributed by atoms with Crippen molar-refractivity contribution in [2.75, 3.05) is 11.6 Å². The fraction of sp³-hybridized carbons (Fsp3) is 0.364. The number of rotatable bonds is 3. The van der Waals surface area contributed by atoms with E-state index in [1.54, 1.807) is 37.7 Å². The topological polar surface area (TPSA) is 55.1 Å². The zero-order chi connectivity index (χ0) is 12.3. The summed E-state index contributed by atoms with van der Waals surface area (Å²) in [6.07, 6.45) is 1.95. The van der Waals surface area contributed by atoms with Gasteiger partial charge in [0.1, 0.15) is 0 Å². The molecule has 0 heterocycles. The van der Waals surface area contributed by atoms with Crippen molar-refractivity contribution in [1.29, 1.82) is 0 Å². The number of amides is 1. The van der Waals surface area contributed by atoms with Crippen LogP contribution in [0.5, 0.6) is 0 Å². The molecule has 3 N–H and O–H groups in total. The van der Waals surface area contributed by atoms with Crippen molar-refractivity contribution < 1.29 is 4.79 Å². The molecule has 88 valence electrons. The minimum Gasteiger partial charge on any atom is -0.324 e. The van der Waals surface area contributed by atoms with Crippen LogP contribution in [0.15, 0.2) is 23.1 Å². The maximum absolute atomic E-state index is 11.6. The zero-order valence-electron chi connectivity index (χ0n) is 9.50. The minimum absolute atomic E-state index is 0.236. The van der Waals surface area contributed by atoms with Gasteiger partial charge in [-0.15, -0.1) is 11.8 Å². The third kappa shape index (κ3) is 3.40. The molecule has 3 nitrogen and oxygen atoms in total. The molecule has 0 fully saturated rings. The number of thioether (sulfide) groups is 1. The van der Waals surface area contributed by atoms with Crippen LogP contribution >= 0.6 is 23.4 Å². The van der Waals surface area contributed by atoms with Crippen LogP contribution in [0.2, 0.25) is 5.02 Å². The van der Waals surface area contributed by atoms with Gasteiger partial charge in [-0.05, 0) is 38.3 Å². The predicted octanol–water partition coefficient (Wildman–Crippen LogP) is 2.74. The Balaban J connectivity index is 2.84. The molecule has 1 rings (SSSR count). The number of nitrogens with one attached hydrogen (secondary N) is 1. The van der Waals surface area contributed by atoms with Crippen molar-refractivity contribution in [3.05, 3.63) is 23.2 Å². The van der Waals surface area contributed by atoms with Gasteiger partial charge in [0.15, 0.2) is 0 Å². The van der Waals surface area contributed by atoms with E-state index in [0.717, 1.165) is 4.90 Å². The molecule has 0 atom stereocenters. The molecule has 0 saturated carbocycles. The monoisotopic (exact) mass is 258 g/mol. The SMILES string of the molecule is CSc1ccc(NC(=O)C(C)(C)N)cc1Cl. The lowest BCUT2D eigenvalue weighted by Gasteiger charge is -2.18. The molecule has 0 aliphatic rings. The van der Waals surface area contributed by atoms with Gasteiger partial charge in [0, 0.05) is 10.6 Å². The molecule has 16 heavy (non-hydrogen) atoms. The largest absolute Gasteiger partial charge is 0.324 e. The van der Waals surface area contributed by atoms with Gasteiger partial charge in [0.2, 0.25) is 5.91 Å². The second kappa shape index (κ2) is 5.08. The zero-order valence-corrected chi connectivity index (χ0v) is 11.1. The van der Waals surface area contributed by atoms with Crippen molar-refractivity contribution in [3.63, 3.8) is 0 Å². The van der Waals surface area contributed by atoms with Gasteiger partial charge in [-0.2, -0.15) is 0 Å². The quantitative estimate of drug-likeness (QED) is 0.820. The first kappa shape index (κ1) is 13.4. The van der Waals surface area contributed by atoms with Crippen LogP contribution in [0.25, 0.3) is 0 Å². The van der Waals surface area contributed by atoms with Gasteiger partial charge < -0.3 is 11.1 Å². The van der Waals surface area contributed by atoms with Crippen molar-refractivity contribution in [1.82, 2.24) is 0 Å². The van der Waals surface area contributed by atoms with Crippen LogP contribution in [0.3, 0.4) is 0 Å². The van der Waals surface area contributed by atoms with E-state index < -0.39 is 5.54 Å². The van der Waals surface area contributed by atoms with Gasteiger partial charge in [0.25, 0.3) is 0 Å². The molecule has 0 spiro atoms. The average Bonchev–Trinajstić information content (AvgIpc) is 2.16. The van der Waals surface area contributed by atoms with Crippen LogP contribution in [0.4, 0.5) is 5.69 Å². The summed E-state index contributed by atoms with van der Waals surface area (Å²) >= 11 is 7.58. The summed E-state index contributed by atoms with van der Waals surface area (Å²) in [6, 6.07) is 5.39. The molecule has 0 aliphatic carbocycles. The van der Waals surface area contributed by atoms with E-state index in [0.29, 0.717) is 10.7 Å². The molecule has 1 aromatic rings. The number of anilines is 1. The summed E-state index contributed by atoms with van der Waals surface area (Å²) < 4.78 is 0. The molecule has 0 aliphatic heterocycles. The lowest BCUT2D eigenvalue weighted by Crippen LogP contribution is -2.45. The second-order valence-corrected chi connectivity index (χ2v) is 5.28. The highest BCUT2D eigenvalue weighted by Crippen LogP contribution is 2.28.